The third-order valence-electron chi connectivity index (χ3n) is 5.06. The molecule has 2 heterocycles. The van der Waals surface area contributed by atoms with Crippen molar-refractivity contribution >= 4 is 23.0 Å². The Morgan fingerprint density at radius 3 is 3.04 bits per heavy atom. The van der Waals surface area contributed by atoms with Crippen molar-refractivity contribution in [2.24, 2.45) is 5.92 Å². The molecule has 5 nitrogen and oxygen atoms in total. The third-order valence-corrected chi connectivity index (χ3v) is 5.06. The highest BCUT2D eigenvalue weighted by atomic mass is 16.4. The Balaban J connectivity index is 1.41. The number of nitrogens with one attached hydrogen (secondary N) is 1. The van der Waals surface area contributed by atoms with Crippen LogP contribution in [-0.4, -0.2) is 30.0 Å². The number of carbonyl (C=O) groups is 1. The number of allylic oxidation sites excluding steroid dienone is 2. The molecule has 0 radical (unpaired) electrons. The Kier molecular flexibility index (Phi) is 4.24. The zero-order valence-corrected chi connectivity index (χ0v) is 13.8. The maximum atomic E-state index is 12.3. The summed E-state index contributed by atoms with van der Waals surface area (Å²) < 4.78 is 5.90. The van der Waals surface area contributed by atoms with Gasteiger partial charge in [-0.2, -0.15) is 4.98 Å². The molecule has 1 aromatic carbocycles. The predicted molar refractivity (Wildman–Crippen MR) is 93.9 cm³/mol. The molecule has 24 heavy (non-hydrogen) atoms. The maximum Gasteiger partial charge on any atom is 0.298 e. The van der Waals surface area contributed by atoms with Crippen LogP contribution in [0.1, 0.15) is 32.1 Å². The smallest absolute Gasteiger partial charge is 0.298 e. The van der Waals surface area contributed by atoms with Crippen LogP contribution in [0.2, 0.25) is 0 Å². The minimum Gasteiger partial charge on any atom is -0.423 e. The Morgan fingerprint density at radius 2 is 2.21 bits per heavy atom. The lowest BCUT2D eigenvalue weighted by atomic mass is 9.93. The Morgan fingerprint density at radius 1 is 1.29 bits per heavy atom. The fraction of sp³-hybridized carbons (Fsp3) is 0.474. The molecule has 2 aliphatic rings. The van der Waals surface area contributed by atoms with Crippen LogP contribution in [0.4, 0.5) is 6.01 Å². The molecule has 126 valence electrons. The average Bonchev–Trinajstić information content (AvgIpc) is 3.26. The summed E-state index contributed by atoms with van der Waals surface area (Å²) in [6.45, 7) is 1.59. The lowest BCUT2D eigenvalue weighted by Crippen LogP contribution is -2.42. The van der Waals surface area contributed by atoms with Crippen LogP contribution in [0, 0.1) is 5.92 Å². The van der Waals surface area contributed by atoms with E-state index in [0.717, 1.165) is 49.7 Å². The molecule has 2 aromatic rings. The van der Waals surface area contributed by atoms with Crippen molar-refractivity contribution in [3.8, 4) is 0 Å². The number of carbonyl (C=O) groups excluding carboxylic acids is 1. The SMILES string of the molecule is O=C(NCC1CCCN1c1nc2ccccc2o1)C1CC=CCC1. The van der Waals surface area contributed by atoms with Crippen LogP contribution in [-0.2, 0) is 4.79 Å². The second kappa shape index (κ2) is 6.67. The van der Waals surface area contributed by atoms with E-state index in [0.29, 0.717) is 12.6 Å². The topological polar surface area (TPSA) is 58.4 Å². The molecule has 1 saturated heterocycles. The first-order chi connectivity index (χ1) is 11.8. The number of hydrogen-bond donors (Lipinski definition) is 1. The van der Waals surface area contributed by atoms with Crippen LogP contribution in [0.5, 0.6) is 0 Å². The lowest BCUT2D eigenvalue weighted by Gasteiger charge is -2.24. The number of anilines is 1. The van der Waals surface area contributed by atoms with E-state index in [4.69, 9.17) is 4.42 Å². The molecule has 1 aliphatic heterocycles. The van der Waals surface area contributed by atoms with Gasteiger partial charge in [-0.1, -0.05) is 24.3 Å². The first kappa shape index (κ1) is 15.2. The number of benzene rings is 1. The first-order valence-electron chi connectivity index (χ1n) is 8.86. The standard InChI is InChI=1S/C19H23N3O2/c23-18(14-7-2-1-3-8-14)20-13-15-9-6-12-22(15)19-21-16-10-4-5-11-17(16)24-19/h1-2,4-5,10-11,14-15H,3,6-9,12-13H2,(H,20,23). The number of fused-ring (bicyclic) bond motifs is 1. The van der Waals surface area contributed by atoms with Gasteiger partial charge in [-0.05, 0) is 44.2 Å². The largest absolute Gasteiger partial charge is 0.423 e. The third kappa shape index (κ3) is 3.03. The van der Waals surface area contributed by atoms with Crippen LogP contribution in [0.3, 0.4) is 0 Å². The van der Waals surface area contributed by atoms with E-state index in [1.54, 1.807) is 0 Å². The minimum absolute atomic E-state index is 0.133. The molecular weight excluding hydrogens is 302 g/mol. The van der Waals surface area contributed by atoms with Crippen LogP contribution < -0.4 is 10.2 Å². The molecule has 2 unspecified atom stereocenters. The molecule has 1 aromatic heterocycles. The Hall–Kier alpha value is -2.30. The Labute approximate surface area is 141 Å². The van der Waals surface area contributed by atoms with E-state index in [9.17, 15) is 4.79 Å². The number of amides is 1. The monoisotopic (exact) mass is 325 g/mol. The number of aromatic nitrogens is 1. The summed E-state index contributed by atoms with van der Waals surface area (Å²) in [7, 11) is 0. The fourth-order valence-corrected chi connectivity index (χ4v) is 3.68. The Bertz CT molecular complexity index is 719. The number of nitrogens with zero attached hydrogens (tertiary/aromatic N) is 2. The molecule has 4 rings (SSSR count). The quantitative estimate of drug-likeness (QED) is 0.877. The van der Waals surface area contributed by atoms with Gasteiger partial charge in [0.15, 0.2) is 5.58 Å². The summed E-state index contributed by atoms with van der Waals surface area (Å²) in [5.74, 6) is 0.318. The average molecular weight is 325 g/mol. The first-order valence-corrected chi connectivity index (χ1v) is 8.86. The minimum atomic E-state index is 0.133. The van der Waals surface area contributed by atoms with E-state index in [1.807, 2.05) is 24.3 Å². The van der Waals surface area contributed by atoms with E-state index < -0.39 is 0 Å². The zero-order valence-electron chi connectivity index (χ0n) is 13.8. The summed E-state index contributed by atoms with van der Waals surface area (Å²) in [6, 6.07) is 8.77. The molecule has 1 N–H and O–H groups in total. The van der Waals surface area contributed by atoms with Crippen molar-refractivity contribution < 1.29 is 9.21 Å². The van der Waals surface area contributed by atoms with Crippen molar-refractivity contribution in [3.05, 3.63) is 36.4 Å². The number of para-hydroxylation sites is 2. The van der Waals surface area contributed by atoms with Gasteiger partial charge < -0.3 is 14.6 Å². The summed E-state index contributed by atoms with van der Waals surface area (Å²) >= 11 is 0. The van der Waals surface area contributed by atoms with Crippen molar-refractivity contribution in [1.82, 2.24) is 10.3 Å². The van der Waals surface area contributed by atoms with E-state index in [1.165, 1.54) is 0 Å². The van der Waals surface area contributed by atoms with Gasteiger partial charge in [0.2, 0.25) is 5.91 Å². The highest BCUT2D eigenvalue weighted by molar-refractivity contribution is 5.79. The molecular formula is C19H23N3O2. The van der Waals surface area contributed by atoms with Crippen molar-refractivity contribution in [1.29, 1.82) is 0 Å². The molecule has 1 aliphatic carbocycles. The molecule has 5 heteroatoms. The highest BCUT2D eigenvalue weighted by Gasteiger charge is 2.29. The molecule has 1 amide bonds. The molecule has 0 saturated carbocycles. The normalized spacial score (nSPS) is 23.8. The zero-order chi connectivity index (χ0) is 16.4. The van der Waals surface area contributed by atoms with Gasteiger partial charge in [0.05, 0.1) is 6.04 Å². The van der Waals surface area contributed by atoms with E-state index in [2.05, 4.69) is 27.4 Å². The summed E-state index contributed by atoms with van der Waals surface area (Å²) in [5, 5.41) is 3.14. The number of oxazole rings is 1. The van der Waals surface area contributed by atoms with Gasteiger partial charge >= 0.3 is 0 Å². The van der Waals surface area contributed by atoms with Gasteiger partial charge in [-0.15, -0.1) is 0 Å². The van der Waals surface area contributed by atoms with Crippen molar-refractivity contribution in [2.75, 3.05) is 18.0 Å². The van der Waals surface area contributed by atoms with Gasteiger partial charge in [-0.3, -0.25) is 4.79 Å². The highest BCUT2D eigenvalue weighted by Crippen LogP contribution is 2.28. The lowest BCUT2D eigenvalue weighted by molar-refractivity contribution is -0.125. The number of hydrogen-bond acceptors (Lipinski definition) is 4. The maximum absolute atomic E-state index is 12.3. The second-order valence-electron chi connectivity index (χ2n) is 6.68. The van der Waals surface area contributed by atoms with E-state index >= 15 is 0 Å². The van der Waals surface area contributed by atoms with Crippen LogP contribution in [0.15, 0.2) is 40.8 Å². The van der Waals surface area contributed by atoms with E-state index in [-0.39, 0.29) is 17.9 Å². The summed E-state index contributed by atoms with van der Waals surface area (Å²) in [6.07, 6.45) is 9.28. The van der Waals surface area contributed by atoms with Gasteiger partial charge in [0, 0.05) is 19.0 Å². The summed E-state index contributed by atoms with van der Waals surface area (Å²) in [4.78, 5) is 19.1. The van der Waals surface area contributed by atoms with Crippen LogP contribution in [0.25, 0.3) is 11.1 Å². The molecule has 1 fully saturated rings. The van der Waals surface area contributed by atoms with Gasteiger partial charge in [-0.25, -0.2) is 0 Å². The number of rotatable bonds is 4. The summed E-state index contributed by atoms with van der Waals surface area (Å²) in [5.41, 5.74) is 1.70. The van der Waals surface area contributed by atoms with Gasteiger partial charge in [0.1, 0.15) is 5.52 Å². The van der Waals surface area contributed by atoms with Gasteiger partial charge in [0.25, 0.3) is 6.01 Å². The molecule has 2 atom stereocenters. The predicted octanol–water partition coefficient (Wildman–Crippen LogP) is 3.27. The van der Waals surface area contributed by atoms with Crippen molar-refractivity contribution in [2.45, 2.75) is 38.1 Å². The second-order valence-corrected chi connectivity index (χ2v) is 6.68. The van der Waals surface area contributed by atoms with Crippen molar-refractivity contribution in [3.63, 3.8) is 0 Å². The fourth-order valence-electron chi connectivity index (χ4n) is 3.68. The molecule has 0 spiro atoms. The van der Waals surface area contributed by atoms with Crippen LogP contribution >= 0.6 is 0 Å². The molecule has 0 bridgehead atoms.